The zero-order valence-electron chi connectivity index (χ0n) is 11.3. The minimum Gasteiger partial charge on any atom is -0.0802 e. The zero-order valence-corrected chi connectivity index (χ0v) is 11.3. The zero-order chi connectivity index (χ0) is 11.7. The lowest BCUT2D eigenvalue weighted by Crippen LogP contribution is -2.11. The van der Waals surface area contributed by atoms with Gasteiger partial charge in [-0.25, -0.2) is 0 Å². The van der Waals surface area contributed by atoms with Crippen molar-refractivity contribution in [2.24, 2.45) is 17.8 Å². The number of rotatable bonds is 5. The molecular weight excluding hydrogens is 204 g/mol. The van der Waals surface area contributed by atoms with E-state index in [1.54, 1.807) is 5.57 Å². The van der Waals surface area contributed by atoms with Crippen LogP contribution in [0.15, 0.2) is 23.3 Å². The van der Waals surface area contributed by atoms with E-state index in [0.29, 0.717) is 0 Å². The Morgan fingerprint density at radius 3 is 3.00 bits per heavy atom. The fourth-order valence-corrected chi connectivity index (χ4v) is 4.49. The molecule has 0 amide bonds. The largest absolute Gasteiger partial charge is 0.0802 e. The summed E-state index contributed by atoms with van der Waals surface area (Å²) in [6, 6.07) is 0. The summed E-state index contributed by atoms with van der Waals surface area (Å²) >= 11 is 0. The summed E-state index contributed by atoms with van der Waals surface area (Å²) in [7, 11) is 0. The molecule has 0 saturated heterocycles. The number of allylic oxidation sites excluding steroid dienone is 4. The van der Waals surface area contributed by atoms with Crippen molar-refractivity contribution < 1.29 is 0 Å². The molecule has 0 aromatic heterocycles. The molecule has 17 heavy (non-hydrogen) atoms. The first-order chi connectivity index (χ1) is 8.40. The van der Waals surface area contributed by atoms with E-state index in [2.05, 4.69) is 19.1 Å². The van der Waals surface area contributed by atoms with Crippen molar-refractivity contribution in [2.75, 3.05) is 0 Å². The van der Waals surface area contributed by atoms with E-state index < -0.39 is 0 Å². The first kappa shape index (κ1) is 11.6. The molecular formula is C17H26. The maximum absolute atomic E-state index is 2.42. The van der Waals surface area contributed by atoms with Gasteiger partial charge in [0.2, 0.25) is 0 Å². The predicted octanol–water partition coefficient (Wildman–Crippen LogP) is 5.26. The van der Waals surface area contributed by atoms with Crippen LogP contribution >= 0.6 is 0 Å². The monoisotopic (exact) mass is 230 g/mol. The van der Waals surface area contributed by atoms with Crippen LogP contribution in [0.4, 0.5) is 0 Å². The molecule has 0 N–H and O–H groups in total. The predicted molar refractivity (Wildman–Crippen MR) is 73.9 cm³/mol. The third-order valence-electron chi connectivity index (χ3n) is 5.37. The van der Waals surface area contributed by atoms with Crippen LogP contribution in [0.25, 0.3) is 0 Å². The van der Waals surface area contributed by atoms with Gasteiger partial charge in [-0.1, -0.05) is 56.8 Å². The van der Waals surface area contributed by atoms with Crippen LogP contribution in [0.2, 0.25) is 0 Å². The van der Waals surface area contributed by atoms with Gasteiger partial charge in [0.15, 0.2) is 0 Å². The minimum atomic E-state index is 0.996. The molecule has 3 aliphatic rings. The Kier molecular flexibility index (Phi) is 3.40. The molecule has 1 saturated carbocycles. The highest BCUT2D eigenvalue weighted by Crippen LogP contribution is 2.54. The maximum atomic E-state index is 2.42. The maximum Gasteiger partial charge on any atom is -0.0127 e. The topological polar surface area (TPSA) is 0 Å². The number of unbranched alkanes of at least 4 members (excludes halogenated alkanes) is 3. The fraction of sp³-hybridized carbons (Fsp3) is 0.765. The fourth-order valence-electron chi connectivity index (χ4n) is 4.49. The van der Waals surface area contributed by atoms with Crippen molar-refractivity contribution in [1.29, 1.82) is 0 Å². The lowest BCUT2D eigenvalue weighted by Gasteiger charge is -2.20. The molecule has 0 aromatic carbocycles. The van der Waals surface area contributed by atoms with E-state index in [9.17, 15) is 0 Å². The second-order valence-corrected chi connectivity index (χ2v) is 6.32. The van der Waals surface area contributed by atoms with Crippen molar-refractivity contribution in [3.05, 3.63) is 23.3 Å². The average Bonchev–Trinajstić information content (AvgIpc) is 2.96. The SMILES string of the molecule is CCCCCCC1CCC2C3=C(C=CC3)CC12. The summed E-state index contributed by atoms with van der Waals surface area (Å²) in [4.78, 5) is 0. The van der Waals surface area contributed by atoms with Gasteiger partial charge in [0.1, 0.15) is 0 Å². The van der Waals surface area contributed by atoms with Gasteiger partial charge >= 0.3 is 0 Å². The second-order valence-electron chi connectivity index (χ2n) is 6.32. The second kappa shape index (κ2) is 5.00. The third-order valence-corrected chi connectivity index (χ3v) is 5.37. The van der Waals surface area contributed by atoms with Crippen molar-refractivity contribution in [1.82, 2.24) is 0 Å². The molecule has 1 fully saturated rings. The lowest BCUT2D eigenvalue weighted by molar-refractivity contribution is 0.329. The van der Waals surface area contributed by atoms with Crippen molar-refractivity contribution in [2.45, 2.75) is 64.7 Å². The van der Waals surface area contributed by atoms with E-state index in [1.807, 2.05) is 5.57 Å². The van der Waals surface area contributed by atoms with Crippen molar-refractivity contribution >= 4 is 0 Å². The van der Waals surface area contributed by atoms with Crippen molar-refractivity contribution in [3.63, 3.8) is 0 Å². The average molecular weight is 230 g/mol. The van der Waals surface area contributed by atoms with Crippen LogP contribution in [-0.4, -0.2) is 0 Å². The van der Waals surface area contributed by atoms with Gasteiger partial charge in [-0.2, -0.15) is 0 Å². The van der Waals surface area contributed by atoms with Gasteiger partial charge < -0.3 is 0 Å². The van der Waals surface area contributed by atoms with Crippen LogP contribution in [-0.2, 0) is 0 Å². The van der Waals surface area contributed by atoms with Crippen LogP contribution < -0.4 is 0 Å². The van der Waals surface area contributed by atoms with Gasteiger partial charge in [-0.05, 0) is 49.0 Å². The highest BCUT2D eigenvalue weighted by atomic mass is 14.5. The van der Waals surface area contributed by atoms with Gasteiger partial charge in [-0.3, -0.25) is 0 Å². The van der Waals surface area contributed by atoms with Gasteiger partial charge in [-0.15, -0.1) is 0 Å². The molecule has 94 valence electrons. The highest BCUT2D eigenvalue weighted by Gasteiger charge is 2.42. The highest BCUT2D eigenvalue weighted by molar-refractivity contribution is 5.40. The molecule has 0 heteroatoms. The normalized spacial score (nSPS) is 34.5. The molecule has 0 bridgehead atoms. The molecule has 0 spiro atoms. The van der Waals surface area contributed by atoms with Crippen LogP contribution in [0.3, 0.4) is 0 Å². The molecule has 0 aliphatic heterocycles. The van der Waals surface area contributed by atoms with E-state index in [1.165, 1.54) is 57.8 Å². The Morgan fingerprint density at radius 1 is 1.18 bits per heavy atom. The molecule has 0 nitrogen and oxygen atoms in total. The number of fused-ring (bicyclic) bond motifs is 2. The number of hydrogen-bond donors (Lipinski definition) is 0. The Balaban J connectivity index is 1.52. The van der Waals surface area contributed by atoms with Crippen LogP contribution in [0.5, 0.6) is 0 Å². The first-order valence-electron chi connectivity index (χ1n) is 7.78. The summed E-state index contributed by atoms with van der Waals surface area (Å²) in [5.74, 6) is 3.11. The Labute approximate surface area is 106 Å². The summed E-state index contributed by atoms with van der Waals surface area (Å²) in [6.45, 7) is 2.31. The molecule has 3 unspecified atom stereocenters. The smallest absolute Gasteiger partial charge is 0.0127 e. The summed E-state index contributed by atoms with van der Waals surface area (Å²) in [6.07, 6.45) is 17.8. The quantitative estimate of drug-likeness (QED) is 0.565. The molecule has 0 aromatic rings. The summed E-state index contributed by atoms with van der Waals surface area (Å²) in [5, 5.41) is 0. The standard InChI is InChI=1S/C17H26/c1-2-3-4-5-7-13-10-11-16-15-9-6-8-14(15)12-17(13)16/h6,8,13,16-17H,2-5,7,9-12H2,1H3. The first-order valence-corrected chi connectivity index (χ1v) is 7.78. The minimum absolute atomic E-state index is 0.996. The van der Waals surface area contributed by atoms with Gasteiger partial charge in [0.05, 0.1) is 0 Å². The Bertz CT molecular complexity index is 334. The molecule has 0 radical (unpaired) electrons. The van der Waals surface area contributed by atoms with Crippen LogP contribution in [0, 0.1) is 17.8 Å². The molecule has 3 aliphatic carbocycles. The van der Waals surface area contributed by atoms with E-state index in [0.717, 1.165) is 17.8 Å². The summed E-state index contributed by atoms with van der Waals surface area (Å²) in [5.41, 5.74) is 3.57. The Hall–Kier alpha value is -0.520. The van der Waals surface area contributed by atoms with Crippen LogP contribution in [0.1, 0.15) is 64.7 Å². The number of hydrogen-bond acceptors (Lipinski definition) is 0. The Morgan fingerprint density at radius 2 is 2.12 bits per heavy atom. The molecule has 3 atom stereocenters. The molecule has 3 rings (SSSR count). The van der Waals surface area contributed by atoms with E-state index in [-0.39, 0.29) is 0 Å². The summed E-state index contributed by atoms with van der Waals surface area (Å²) < 4.78 is 0. The third kappa shape index (κ3) is 2.11. The van der Waals surface area contributed by atoms with Gasteiger partial charge in [0, 0.05) is 0 Å². The lowest BCUT2D eigenvalue weighted by atomic mass is 9.85. The van der Waals surface area contributed by atoms with Gasteiger partial charge in [0.25, 0.3) is 0 Å². The van der Waals surface area contributed by atoms with E-state index >= 15 is 0 Å². The van der Waals surface area contributed by atoms with Crippen molar-refractivity contribution in [3.8, 4) is 0 Å². The molecule has 0 heterocycles. The van der Waals surface area contributed by atoms with E-state index in [4.69, 9.17) is 0 Å².